The molecular formula is C14H18N2O. The predicted molar refractivity (Wildman–Crippen MR) is 68.4 cm³/mol. The molecule has 90 valence electrons. The highest BCUT2D eigenvalue weighted by molar-refractivity contribution is 5.85. The zero-order valence-electron chi connectivity index (χ0n) is 10.6. The van der Waals surface area contributed by atoms with Crippen molar-refractivity contribution in [1.82, 2.24) is 9.78 Å². The lowest BCUT2D eigenvalue weighted by molar-refractivity contribution is -0.0268. The molecule has 0 spiro atoms. The topological polar surface area (TPSA) is 27.1 Å². The zero-order chi connectivity index (χ0) is 12.0. The second-order valence-corrected chi connectivity index (χ2v) is 5.12. The molecule has 1 aromatic heterocycles. The van der Waals surface area contributed by atoms with Gasteiger partial charge in [-0.2, -0.15) is 5.10 Å². The molecule has 0 saturated carbocycles. The Morgan fingerprint density at radius 2 is 2.12 bits per heavy atom. The number of rotatable bonds is 2. The highest BCUT2D eigenvalue weighted by Gasteiger charge is 2.25. The van der Waals surface area contributed by atoms with Gasteiger partial charge in [-0.1, -0.05) is 32.0 Å². The predicted octanol–water partition coefficient (Wildman–Crippen LogP) is 3.04. The van der Waals surface area contributed by atoms with Crippen LogP contribution in [0.25, 0.3) is 10.9 Å². The molecule has 1 saturated heterocycles. The summed E-state index contributed by atoms with van der Waals surface area (Å²) in [7, 11) is 0. The Hall–Kier alpha value is -1.35. The molecule has 17 heavy (non-hydrogen) atoms. The van der Waals surface area contributed by atoms with Gasteiger partial charge in [-0.15, -0.1) is 0 Å². The van der Waals surface area contributed by atoms with E-state index in [0.29, 0.717) is 12.0 Å². The number of aryl methyl sites for hydroxylation is 1. The summed E-state index contributed by atoms with van der Waals surface area (Å²) in [6, 6.07) is 6.93. The number of nitrogens with zero attached hydrogens (tertiary/aromatic N) is 2. The van der Waals surface area contributed by atoms with Crippen LogP contribution in [0, 0.1) is 6.92 Å². The number of ether oxygens (including phenoxy) is 1. The fourth-order valence-corrected chi connectivity index (χ4v) is 2.47. The average Bonchev–Trinajstić information content (AvgIpc) is 2.54. The maximum Gasteiger partial charge on any atom is 0.0992 e. The van der Waals surface area contributed by atoms with Crippen LogP contribution in [0.1, 0.15) is 37.1 Å². The molecule has 3 nitrogen and oxygen atoms in total. The van der Waals surface area contributed by atoms with Crippen LogP contribution >= 0.6 is 0 Å². The average molecular weight is 230 g/mol. The normalized spacial score (nSPS) is 16.7. The molecular weight excluding hydrogens is 212 g/mol. The molecule has 0 amide bonds. The summed E-state index contributed by atoms with van der Waals surface area (Å²) in [5.41, 5.74) is 3.80. The Bertz CT molecular complexity index is 553. The van der Waals surface area contributed by atoms with Gasteiger partial charge in [-0.25, -0.2) is 0 Å². The van der Waals surface area contributed by atoms with Crippen molar-refractivity contribution >= 4 is 10.9 Å². The summed E-state index contributed by atoms with van der Waals surface area (Å²) < 4.78 is 7.46. The molecule has 0 N–H and O–H groups in total. The number of hydrogen-bond donors (Lipinski definition) is 0. The molecule has 1 aliphatic rings. The first kappa shape index (κ1) is 10.8. The van der Waals surface area contributed by atoms with E-state index < -0.39 is 0 Å². The van der Waals surface area contributed by atoms with E-state index in [4.69, 9.17) is 9.84 Å². The summed E-state index contributed by atoms with van der Waals surface area (Å²) in [6.07, 6.45) is 0. The Balaban J connectivity index is 2.27. The van der Waals surface area contributed by atoms with Gasteiger partial charge in [0.2, 0.25) is 0 Å². The van der Waals surface area contributed by atoms with Gasteiger partial charge in [-0.3, -0.25) is 4.68 Å². The smallest absolute Gasteiger partial charge is 0.0992 e. The molecule has 2 heterocycles. The van der Waals surface area contributed by atoms with Crippen molar-refractivity contribution in [2.24, 2.45) is 0 Å². The lowest BCUT2D eigenvalue weighted by Crippen LogP contribution is -2.31. The van der Waals surface area contributed by atoms with Crippen molar-refractivity contribution < 1.29 is 4.74 Å². The third-order valence-electron chi connectivity index (χ3n) is 3.53. The number of fused-ring (bicyclic) bond motifs is 1. The molecule has 3 rings (SSSR count). The maximum atomic E-state index is 5.29. The van der Waals surface area contributed by atoms with E-state index in [-0.39, 0.29) is 0 Å². The van der Waals surface area contributed by atoms with Crippen molar-refractivity contribution in [2.45, 2.75) is 32.7 Å². The Labute approximate surface area is 101 Å². The number of benzene rings is 1. The van der Waals surface area contributed by atoms with Gasteiger partial charge in [0.15, 0.2) is 0 Å². The molecule has 3 heteroatoms. The first-order chi connectivity index (χ1) is 8.18. The summed E-state index contributed by atoms with van der Waals surface area (Å²) in [5, 5.41) is 5.97. The second kappa shape index (κ2) is 3.84. The SMILES string of the molecule is Cc1nn(C2COC2)c2c(C(C)C)cccc12. The van der Waals surface area contributed by atoms with E-state index in [9.17, 15) is 0 Å². The fraction of sp³-hybridized carbons (Fsp3) is 0.500. The van der Waals surface area contributed by atoms with Gasteiger partial charge in [0.05, 0.1) is 30.5 Å². The van der Waals surface area contributed by atoms with Gasteiger partial charge >= 0.3 is 0 Å². The quantitative estimate of drug-likeness (QED) is 0.793. The van der Waals surface area contributed by atoms with Crippen LogP contribution in [-0.2, 0) is 4.74 Å². The van der Waals surface area contributed by atoms with Crippen LogP contribution in [0.3, 0.4) is 0 Å². The van der Waals surface area contributed by atoms with Crippen molar-refractivity contribution in [1.29, 1.82) is 0 Å². The van der Waals surface area contributed by atoms with Crippen molar-refractivity contribution in [3.05, 3.63) is 29.5 Å². The first-order valence-electron chi connectivity index (χ1n) is 6.24. The van der Waals surface area contributed by atoms with Crippen molar-refractivity contribution in [2.75, 3.05) is 13.2 Å². The molecule has 1 fully saturated rings. The van der Waals surface area contributed by atoms with E-state index in [0.717, 1.165) is 18.9 Å². The third kappa shape index (κ3) is 1.57. The van der Waals surface area contributed by atoms with E-state index in [1.165, 1.54) is 16.5 Å². The minimum atomic E-state index is 0.422. The van der Waals surface area contributed by atoms with E-state index in [2.05, 4.69) is 43.7 Å². The van der Waals surface area contributed by atoms with E-state index in [1.54, 1.807) is 0 Å². The van der Waals surface area contributed by atoms with Gasteiger partial charge in [-0.05, 0) is 18.4 Å². The molecule has 2 aromatic rings. The van der Waals surface area contributed by atoms with Crippen LogP contribution in [0.15, 0.2) is 18.2 Å². The Morgan fingerprint density at radius 1 is 1.35 bits per heavy atom. The molecule has 0 radical (unpaired) electrons. The number of hydrogen-bond acceptors (Lipinski definition) is 2. The largest absolute Gasteiger partial charge is 0.377 e. The van der Waals surface area contributed by atoms with E-state index >= 15 is 0 Å². The molecule has 0 aliphatic carbocycles. The summed E-state index contributed by atoms with van der Waals surface area (Å²) in [6.45, 7) is 8.14. The third-order valence-corrected chi connectivity index (χ3v) is 3.53. The molecule has 0 atom stereocenters. The zero-order valence-corrected chi connectivity index (χ0v) is 10.6. The van der Waals surface area contributed by atoms with Gasteiger partial charge in [0.25, 0.3) is 0 Å². The summed E-state index contributed by atoms with van der Waals surface area (Å²) in [5.74, 6) is 0.523. The molecule has 1 aromatic carbocycles. The van der Waals surface area contributed by atoms with Gasteiger partial charge < -0.3 is 4.74 Å². The van der Waals surface area contributed by atoms with Crippen LogP contribution in [-0.4, -0.2) is 23.0 Å². The molecule has 0 unspecified atom stereocenters. The highest BCUT2D eigenvalue weighted by atomic mass is 16.5. The standard InChI is InChI=1S/C14H18N2O/c1-9(2)12-5-4-6-13-10(3)15-16(14(12)13)11-7-17-8-11/h4-6,9,11H,7-8H2,1-3H3. The minimum Gasteiger partial charge on any atom is -0.377 e. The van der Waals surface area contributed by atoms with Gasteiger partial charge in [0, 0.05) is 5.39 Å². The highest BCUT2D eigenvalue weighted by Crippen LogP contribution is 2.31. The second-order valence-electron chi connectivity index (χ2n) is 5.12. The summed E-state index contributed by atoms with van der Waals surface area (Å²) in [4.78, 5) is 0. The van der Waals surface area contributed by atoms with Crippen LogP contribution in [0.5, 0.6) is 0 Å². The lowest BCUT2D eigenvalue weighted by atomic mass is 9.99. The van der Waals surface area contributed by atoms with Crippen molar-refractivity contribution in [3.63, 3.8) is 0 Å². The monoisotopic (exact) mass is 230 g/mol. The van der Waals surface area contributed by atoms with Crippen LogP contribution < -0.4 is 0 Å². The lowest BCUT2D eigenvalue weighted by Gasteiger charge is -2.27. The number of para-hydroxylation sites is 1. The van der Waals surface area contributed by atoms with Crippen LogP contribution in [0.4, 0.5) is 0 Å². The van der Waals surface area contributed by atoms with Gasteiger partial charge in [0.1, 0.15) is 0 Å². The summed E-state index contributed by atoms with van der Waals surface area (Å²) >= 11 is 0. The Kier molecular flexibility index (Phi) is 2.44. The number of aromatic nitrogens is 2. The first-order valence-corrected chi connectivity index (χ1v) is 6.24. The van der Waals surface area contributed by atoms with E-state index in [1.807, 2.05) is 0 Å². The van der Waals surface area contributed by atoms with Crippen LogP contribution in [0.2, 0.25) is 0 Å². The fourth-order valence-electron chi connectivity index (χ4n) is 2.47. The Morgan fingerprint density at radius 3 is 2.71 bits per heavy atom. The molecule has 1 aliphatic heterocycles. The maximum absolute atomic E-state index is 5.29. The molecule has 0 bridgehead atoms. The van der Waals surface area contributed by atoms with Crippen molar-refractivity contribution in [3.8, 4) is 0 Å². The minimum absolute atomic E-state index is 0.422.